The molecule has 1 aromatic rings. The second-order valence-electron chi connectivity index (χ2n) is 6.08. The summed E-state index contributed by atoms with van der Waals surface area (Å²) in [4.78, 5) is 33.0. The minimum atomic E-state index is -0.504. The first kappa shape index (κ1) is 19.8. The number of benzene rings is 1. The Kier molecular flexibility index (Phi) is 5.89. The van der Waals surface area contributed by atoms with Gasteiger partial charge in [0.25, 0.3) is 0 Å². The average Bonchev–Trinajstić information content (AvgIpc) is 3.06. The van der Waals surface area contributed by atoms with E-state index in [9.17, 15) is 9.59 Å². The molecule has 0 fully saturated rings. The van der Waals surface area contributed by atoms with Crippen LogP contribution in [0.5, 0.6) is 0 Å². The molecule has 28 heavy (non-hydrogen) atoms. The van der Waals surface area contributed by atoms with Crippen molar-refractivity contribution in [2.45, 2.75) is 27.7 Å². The monoisotopic (exact) mass is 396 g/mol. The molecule has 2 aliphatic heterocycles. The van der Waals surface area contributed by atoms with Crippen LogP contribution in [0.25, 0.3) is 0 Å². The van der Waals surface area contributed by atoms with Crippen LogP contribution >= 0.6 is 11.8 Å². The van der Waals surface area contributed by atoms with Gasteiger partial charge in [-0.05, 0) is 43.4 Å². The number of rotatable bonds is 3. The van der Waals surface area contributed by atoms with Crippen molar-refractivity contribution in [3.63, 3.8) is 0 Å². The zero-order chi connectivity index (χ0) is 20.3. The van der Waals surface area contributed by atoms with E-state index in [-0.39, 0.29) is 17.5 Å². The quantitative estimate of drug-likeness (QED) is 0.578. The first-order valence-corrected chi connectivity index (χ1v) is 9.76. The Morgan fingerprint density at radius 1 is 1.21 bits per heavy atom. The smallest absolute Gasteiger partial charge is 0.364 e. The Hall–Kier alpha value is -3.00. The summed E-state index contributed by atoms with van der Waals surface area (Å²) in [5.74, 6) is 0.323. The maximum absolute atomic E-state index is 12.3. The highest BCUT2D eigenvalue weighted by atomic mass is 32.2. The lowest BCUT2D eigenvalue weighted by Crippen LogP contribution is -2.32. The van der Waals surface area contributed by atoms with Gasteiger partial charge in [0.15, 0.2) is 10.9 Å². The fourth-order valence-electron chi connectivity index (χ4n) is 2.57. The van der Waals surface area contributed by atoms with E-state index in [0.29, 0.717) is 22.1 Å². The molecule has 2 heterocycles. The number of amides is 1. The predicted molar refractivity (Wildman–Crippen MR) is 111 cm³/mol. The van der Waals surface area contributed by atoms with Crippen LogP contribution in [0.1, 0.15) is 33.3 Å². The maximum atomic E-state index is 12.3. The molecular weight excluding hydrogens is 376 g/mol. The lowest BCUT2D eigenvalue weighted by Gasteiger charge is -2.22. The summed E-state index contributed by atoms with van der Waals surface area (Å²) in [6.45, 7) is 6.95. The molecule has 0 atom stereocenters. The number of hydrogen-bond donors (Lipinski definition) is 0. The van der Waals surface area contributed by atoms with Gasteiger partial charge in [-0.2, -0.15) is 10.1 Å². The van der Waals surface area contributed by atoms with Crippen LogP contribution in [0, 0.1) is 0 Å². The molecule has 0 spiro atoms. The van der Waals surface area contributed by atoms with E-state index < -0.39 is 5.97 Å². The number of amidine groups is 1. The van der Waals surface area contributed by atoms with Crippen molar-refractivity contribution >= 4 is 40.4 Å². The molecule has 0 aliphatic carbocycles. The third kappa shape index (κ3) is 4.12. The number of hydrogen-bond acceptors (Lipinski definition) is 7. The van der Waals surface area contributed by atoms with Gasteiger partial charge < -0.3 is 4.74 Å². The molecular formula is C20H20N4O3S. The number of ether oxygens (including phenoxy) is 1. The maximum Gasteiger partial charge on any atom is 0.364 e. The molecule has 1 aromatic carbocycles. The van der Waals surface area contributed by atoms with Crippen molar-refractivity contribution < 1.29 is 14.3 Å². The third-order valence-electron chi connectivity index (χ3n) is 3.93. The van der Waals surface area contributed by atoms with Gasteiger partial charge in [0.2, 0.25) is 11.8 Å². The van der Waals surface area contributed by atoms with E-state index >= 15 is 0 Å². The molecule has 0 saturated heterocycles. The van der Waals surface area contributed by atoms with E-state index in [1.807, 2.05) is 37.3 Å². The van der Waals surface area contributed by atoms with Crippen molar-refractivity contribution in [1.82, 2.24) is 5.01 Å². The highest BCUT2D eigenvalue weighted by Gasteiger charge is 2.27. The van der Waals surface area contributed by atoms with Gasteiger partial charge >= 0.3 is 5.97 Å². The average molecular weight is 396 g/mol. The second kappa shape index (κ2) is 8.35. The number of cyclic esters (lactones) is 1. The number of esters is 1. The zero-order valence-corrected chi connectivity index (χ0v) is 16.9. The van der Waals surface area contributed by atoms with E-state index in [2.05, 4.69) is 15.1 Å². The van der Waals surface area contributed by atoms with Crippen LogP contribution in [0.4, 0.5) is 0 Å². The Bertz CT molecular complexity index is 974. The molecule has 8 heteroatoms. The summed E-state index contributed by atoms with van der Waals surface area (Å²) in [5.41, 5.74) is 2.73. The van der Waals surface area contributed by atoms with Gasteiger partial charge in [-0.15, -0.1) is 0 Å². The summed E-state index contributed by atoms with van der Waals surface area (Å²) in [6.07, 6.45) is 1.74. The fraction of sp³-hybridized carbons (Fsp3) is 0.250. The number of carbonyl (C=O) groups excluding carboxylic acids is 2. The van der Waals surface area contributed by atoms with Crippen molar-refractivity contribution in [2.75, 3.05) is 5.75 Å². The van der Waals surface area contributed by atoms with Crippen LogP contribution < -0.4 is 0 Å². The highest BCUT2D eigenvalue weighted by molar-refractivity contribution is 8.13. The molecule has 2 aliphatic rings. The number of nitrogens with zero attached hydrogens (tertiary/aromatic N) is 4. The third-order valence-corrected chi connectivity index (χ3v) is 4.74. The molecule has 0 bridgehead atoms. The minimum Gasteiger partial charge on any atom is -0.402 e. The fourth-order valence-corrected chi connectivity index (χ4v) is 3.29. The van der Waals surface area contributed by atoms with Gasteiger partial charge in [-0.25, -0.2) is 14.8 Å². The molecule has 0 saturated carbocycles. The summed E-state index contributed by atoms with van der Waals surface area (Å²) in [5, 5.41) is 6.13. The Balaban J connectivity index is 1.97. The summed E-state index contributed by atoms with van der Waals surface area (Å²) in [7, 11) is 0. The molecule has 1 amide bonds. The standard InChI is InChI=1S/C20H20N4O3S/c1-5-28-20-21-16(13(3)23-24(20)14(4)25)11-12(2)17-19(26)27-18(22-17)15-9-7-6-8-10-15/h6-11H,5H2,1-4H3/b16-11-,17-12-. The molecule has 3 rings (SSSR count). The van der Waals surface area contributed by atoms with Crippen molar-refractivity contribution in [1.29, 1.82) is 0 Å². The SMILES string of the molecule is CCSC1=N/C(=C\C(C)=C2/N=C(c3ccccc3)OC2=O)C(C)=NN1C(C)=O. The number of aliphatic imine (C=N–C) groups is 2. The molecule has 144 valence electrons. The topological polar surface area (TPSA) is 83.7 Å². The Morgan fingerprint density at radius 3 is 2.57 bits per heavy atom. The van der Waals surface area contributed by atoms with Gasteiger partial charge in [0.1, 0.15) is 0 Å². The Morgan fingerprint density at radius 2 is 1.93 bits per heavy atom. The summed E-state index contributed by atoms with van der Waals surface area (Å²) >= 11 is 1.42. The van der Waals surface area contributed by atoms with Gasteiger partial charge in [-0.1, -0.05) is 36.9 Å². The molecule has 7 nitrogen and oxygen atoms in total. The lowest BCUT2D eigenvalue weighted by atomic mass is 10.1. The first-order valence-electron chi connectivity index (χ1n) is 8.77. The lowest BCUT2D eigenvalue weighted by molar-refractivity contribution is -0.130. The largest absolute Gasteiger partial charge is 0.402 e. The number of carbonyl (C=O) groups is 2. The van der Waals surface area contributed by atoms with Crippen LogP contribution in [-0.2, 0) is 14.3 Å². The first-order chi connectivity index (χ1) is 13.4. The van der Waals surface area contributed by atoms with Gasteiger partial charge in [0.05, 0.1) is 11.4 Å². The zero-order valence-electron chi connectivity index (χ0n) is 16.1. The van der Waals surface area contributed by atoms with Crippen molar-refractivity contribution in [3.8, 4) is 0 Å². The van der Waals surface area contributed by atoms with Crippen LogP contribution in [0.3, 0.4) is 0 Å². The minimum absolute atomic E-state index is 0.204. The van der Waals surface area contributed by atoms with Gasteiger partial charge in [-0.3, -0.25) is 4.79 Å². The number of allylic oxidation sites excluding steroid dienone is 3. The predicted octanol–water partition coefficient (Wildman–Crippen LogP) is 3.50. The van der Waals surface area contributed by atoms with Crippen molar-refractivity contribution in [2.24, 2.45) is 15.1 Å². The van der Waals surface area contributed by atoms with Crippen LogP contribution in [0.15, 0.2) is 68.5 Å². The van der Waals surface area contributed by atoms with E-state index in [1.54, 1.807) is 19.9 Å². The summed E-state index contributed by atoms with van der Waals surface area (Å²) in [6, 6.07) is 9.25. The second-order valence-corrected chi connectivity index (χ2v) is 7.31. The van der Waals surface area contributed by atoms with E-state index in [4.69, 9.17) is 4.74 Å². The molecule has 0 unspecified atom stereocenters. The molecule has 0 radical (unpaired) electrons. The van der Waals surface area contributed by atoms with Crippen LogP contribution in [0.2, 0.25) is 0 Å². The normalized spacial score (nSPS) is 19.9. The van der Waals surface area contributed by atoms with Crippen molar-refractivity contribution in [3.05, 3.63) is 58.9 Å². The Labute approximate surface area is 167 Å². The molecule has 0 N–H and O–H groups in total. The molecule has 0 aromatic heterocycles. The van der Waals surface area contributed by atoms with Crippen LogP contribution in [-0.4, -0.2) is 39.4 Å². The van der Waals surface area contributed by atoms with E-state index in [1.165, 1.54) is 23.7 Å². The highest BCUT2D eigenvalue weighted by Crippen LogP contribution is 2.24. The number of thioether (sulfide) groups is 1. The van der Waals surface area contributed by atoms with Gasteiger partial charge in [0, 0.05) is 12.5 Å². The summed E-state index contributed by atoms with van der Waals surface area (Å²) < 4.78 is 5.31. The van der Waals surface area contributed by atoms with E-state index in [0.717, 1.165) is 11.3 Å². The number of hydrazone groups is 1.